The van der Waals surface area contributed by atoms with E-state index < -0.39 is 5.91 Å². The lowest BCUT2D eigenvalue weighted by Gasteiger charge is -2.30. The standard InChI is InChI=1S/C22H23N7O3/c23-21-20(22(30)28-17-12-24-4-3-18(17)29-6-9-31-10-7-29)27-16(13-26-21)14-1-2-15-19(11-14)32-8-5-25-15/h1-4,11-13,25H,5-10H2,(H2,23,26)(H,28,30). The highest BCUT2D eigenvalue weighted by atomic mass is 16.5. The second kappa shape index (κ2) is 8.67. The maximum atomic E-state index is 13.1. The highest BCUT2D eigenvalue weighted by molar-refractivity contribution is 6.07. The van der Waals surface area contributed by atoms with Crippen molar-refractivity contribution in [2.75, 3.05) is 60.7 Å². The van der Waals surface area contributed by atoms with Gasteiger partial charge in [-0.2, -0.15) is 0 Å². The van der Waals surface area contributed by atoms with Gasteiger partial charge in [0.1, 0.15) is 12.4 Å². The van der Waals surface area contributed by atoms with Crippen LogP contribution in [0.4, 0.5) is 22.9 Å². The van der Waals surface area contributed by atoms with Crippen molar-refractivity contribution in [3.63, 3.8) is 0 Å². The molecule has 0 saturated carbocycles. The van der Waals surface area contributed by atoms with E-state index in [0.29, 0.717) is 31.2 Å². The van der Waals surface area contributed by atoms with Crippen LogP contribution in [0.15, 0.2) is 42.9 Å². The highest BCUT2D eigenvalue weighted by Crippen LogP contribution is 2.32. The van der Waals surface area contributed by atoms with Crippen LogP contribution in [-0.4, -0.2) is 60.3 Å². The Bertz CT molecular complexity index is 1150. The van der Waals surface area contributed by atoms with Crippen molar-refractivity contribution in [2.24, 2.45) is 0 Å². The average Bonchev–Trinajstić information content (AvgIpc) is 2.85. The van der Waals surface area contributed by atoms with Crippen LogP contribution in [0.25, 0.3) is 11.3 Å². The van der Waals surface area contributed by atoms with Crippen molar-refractivity contribution >= 4 is 28.8 Å². The molecule has 10 heteroatoms. The van der Waals surface area contributed by atoms with Gasteiger partial charge in [-0.25, -0.2) is 9.97 Å². The Labute approximate surface area is 184 Å². The highest BCUT2D eigenvalue weighted by Gasteiger charge is 2.20. The first-order valence-electron chi connectivity index (χ1n) is 10.4. The third kappa shape index (κ3) is 4.00. The summed E-state index contributed by atoms with van der Waals surface area (Å²) in [6.45, 7) is 4.10. The van der Waals surface area contributed by atoms with Crippen LogP contribution in [0.2, 0.25) is 0 Å². The topological polar surface area (TPSA) is 128 Å². The van der Waals surface area contributed by atoms with E-state index in [-0.39, 0.29) is 11.5 Å². The molecule has 0 spiro atoms. The number of rotatable bonds is 4. The molecule has 164 valence electrons. The van der Waals surface area contributed by atoms with E-state index in [1.807, 2.05) is 24.3 Å². The fourth-order valence-corrected chi connectivity index (χ4v) is 3.74. The van der Waals surface area contributed by atoms with Gasteiger partial charge in [0.05, 0.1) is 48.4 Å². The summed E-state index contributed by atoms with van der Waals surface area (Å²) >= 11 is 0. The normalized spacial score (nSPS) is 15.3. The van der Waals surface area contributed by atoms with Gasteiger partial charge in [0.25, 0.3) is 5.91 Å². The second-order valence-corrected chi connectivity index (χ2v) is 7.42. The molecule has 2 aliphatic heterocycles. The number of nitrogen functional groups attached to an aromatic ring is 1. The van der Waals surface area contributed by atoms with Gasteiger partial charge in [-0.3, -0.25) is 9.78 Å². The molecule has 0 radical (unpaired) electrons. The number of carbonyl (C=O) groups is 1. The molecule has 5 rings (SSSR count). The van der Waals surface area contributed by atoms with Crippen molar-refractivity contribution in [3.05, 3.63) is 48.5 Å². The molecule has 1 saturated heterocycles. The predicted molar refractivity (Wildman–Crippen MR) is 121 cm³/mol. The molecule has 4 heterocycles. The van der Waals surface area contributed by atoms with Crippen LogP contribution in [-0.2, 0) is 4.74 Å². The summed E-state index contributed by atoms with van der Waals surface area (Å²) in [5, 5.41) is 6.17. The number of pyridine rings is 1. The maximum absolute atomic E-state index is 13.1. The molecule has 2 aliphatic rings. The lowest BCUT2D eigenvalue weighted by molar-refractivity contribution is 0.102. The maximum Gasteiger partial charge on any atom is 0.278 e. The minimum Gasteiger partial charge on any atom is -0.490 e. The molecular formula is C22H23N7O3. The van der Waals surface area contributed by atoms with Crippen LogP contribution in [0.1, 0.15) is 10.5 Å². The minimum absolute atomic E-state index is 0.0519. The second-order valence-electron chi connectivity index (χ2n) is 7.42. The van der Waals surface area contributed by atoms with E-state index in [1.165, 1.54) is 0 Å². The van der Waals surface area contributed by atoms with E-state index in [0.717, 1.165) is 42.3 Å². The molecule has 0 aliphatic carbocycles. The van der Waals surface area contributed by atoms with Gasteiger partial charge in [0, 0.05) is 31.4 Å². The van der Waals surface area contributed by atoms with Crippen LogP contribution in [0.3, 0.4) is 0 Å². The van der Waals surface area contributed by atoms with E-state index in [1.54, 1.807) is 18.6 Å². The number of amides is 1. The van der Waals surface area contributed by atoms with Crippen molar-refractivity contribution in [3.8, 4) is 17.0 Å². The van der Waals surface area contributed by atoms with Crippen LogP contribution in [0.5, 0.6) is 5.75 Å². The lowest BCUT2D eigenvalue weighted by Crippen LogP contribution is -2.36. The summed E-state index contributed by atoms with van der Waals surface area (Å²) in [4.78, 5) is 28.1. The Balaban J connectivity index is 1.42. The molecular weight excluding hydrogens is 410 g/mol. The molecule has 32 heavy (non-hydrogen) atoms. The number of hydrogen-bond acceptors (Lipinski definition) is 9. The van der Waals surface area contributed by atoms with Crippen molar-refractivity contribution in [1.29, 1.82) is 0 Å². The zero-order valence-electron chi connectivity index (χ0n) is 17.4. The predicted octanol–water partition coefficient (Wildman–Crippen LogP) is 2.01. The van der Waals surface area contributed by atoms with Gasteiger partial charge >= 0.3 is 0 Å². The number of nitrogens with zero attached hydrogens (tertiary/aromatic N) is 4. The van der Waals surface area contributed by atoms with E-state index >= 15 is 0 Å². The average molecular weight is 433 g/mol. The number of morpholine rings is 1. The molecule has 10 nitrogen and oxygen atoms in total. The van der Waals surface area contributed by atoms with E-state index in [2.05, 4.69) is 30.5 Å². The van der Waals surface area contributed by atoms with Gasteiger partial charge in [0.2, 0.25) is 0 Å². The molecule has 1 amide bonds. The number of anilines is 4. The Hall–Kier alpha value is -3.92. The zero-order chi connectivity index (χ0) is 21.9. The summed E-state index contributed by atoms with van der Waals surface area (Å²) in [6, 6.07) is 7.57. The summed E-state index contributed by atoms with van der Waals surface area (Å²) < 4.78 is 11.1. The Morgan fingerprint density at radius 1 is 1.16 bits per heavy atom. The molecule has 0 bridgehead atoms. The van der Waals surface area contributed by atoms with E-state index in [9.17, 15) is 4.79 Å². The van der Waals surface area contributed by atoms with Crippen molar-refractivity contribution in [2.45, 2.75) is 0 Å². The van der Waals surface area contributed by atoms with Crippen LogP contribution < -0.4 is 26.0 Å². The first kappa shape index (κ1) is 20.0. The molecule has 2 aromatic heterocycles. The first-order valence-corrected chi connectivity index (χ1v) is 10.4. The zero-order valence-corrected chi connectivity index (χ0v) is 17.4. The largest absolute Gasteiger partial charge is 0.490 e. The summed E-state index contributed by atoms with van der Waals surface area (Å²) in [6.07, 6.45) is 4.86. The Kier molecular flexibility index (Phi) is 5.42. The summed E-state index contributed by atoms with van der Waals surface area (Å²) in [7, 11) is 0. The third-order valence-corrected chi connectivity index (χ3v) is 5.37. The van der Waals surface area contributed by atoms with Crippen LogP contribution >= 0.6 is 0 Å². The number of carbonyl (C=O) groups excluding carboxylic acids is 1. The number of aromatic nitrogens is 3. The molecule has 1 fully saturated rings. The van der Waals surface area contributed by atoms with E-state index in [4.69, 9.17) is 15.2 Å². The SMILES string of the molecule is Nc1ncc(-c2ccc3c(c2)OCCN3)nc1C(=O)Nc1cnccc1N1CCOCC1. The summed E-state index contributed by atoms with van der Waals surface area (Å²) in [5.41, 5.74) is 9.75. The lowest BCUT2D eigenvalue weighted by atomic mass is 10.1. The number of hydrogen-bond donors (Lipinski definition) is 3. The fourth-order valence-electron chi connectivity index (χ4n) is 3.74. The Morgan fingerprint density at radius 2 is 2.03 bits per heavy atom. The number of nitrogens with two attached hydrogens (primary N) is 1. The Morgan fingerprint density at radius 3 is 2.91 bits per heavy atom. The quantitative estimate of drug-likeness (QED) is 0.566. The van der Waals surface area contributed by atoms with Gasteiger partial charge < -0.3 is 30.7 Å². The number of nitrogens with one attached hydrogen (secondary N) is 2. The van der Waals surface area contributed by atoms with Crippen molar-refractivity contribution in [1.82, 2.24) is 15.0 Å². The van der Waals surface area contributed by atoms with Crippen molar-refractivity contribution < 1.29 is 14.3 Å². The molecule has 3 aromatic rings. The number of ether oxygens (including phenoxy) is 2. The molecule has 4 N–H and O–H groups in total. The summed E-state index contributed by atoms with van der Waals surface area (Å²) in [5.74, 6) is 0.345. The van der Waals surface area contributed by atoms with Gasteiger partial charge in [-0.05, 0) is 18.2 Å². The molecule has 0 unspecified atom stereocenters. The monoisotopic (exact) mass is 433 g/mol. The molecule has 0 atom stereocenters. The third-order valence-electron chi connectivity index (χ3n) is 5.37. The van der Waals surface area contributed by atoms with Crippen LogP contribution in [0, 0.1) is 0 Å². The van der Waals surface area contributed by atoms with Gasteiger partial charge in [-0.15, -0.1) is 0 Å². The molecule has 1 aromatic carbocycles. The fraction of sp³-hybridized carbons (Fsp3) is 0.273. The smallest absolute Gasteiger partial charge is 0.278 e. The van der Waals surface area contributed by atoms with Gasteiger partial charge in [-0.1, -0.05) is 6.07 Å². The first-order chi connectivity index (χ1) is 15.7. The minimum atomic E-state index is -0.449. The van der Waals surface area contributed by atoms with Gasteiger partial charge in [0.15, 0.2) is 11.5 Å². The number of fused-ring (bicyclic) bond motifs is 1. The number of benzene rings is 1.